The Kier molecular flexibility index (Phi) is 5.56. The van der Waals surface area contributed by atoms with Crippen molar-refractivity contribution in [3.8, 4) is 0 Å². The molecule has 2 aromatic rings. The van der Waals surface area contributed by atoms with Gasteiger partial charge in [-0.15, -0.1) is 0 Å². The second-order valence-electron chi connectivity index (χ2n) is 7.45. The Bertz CT molecular complexity index is 924. The van der Waals surface area contributed by atoms with Gasteiger partial charge in [0.25, 0.3) is 15.9 Å². The zero-order valence-electron chi connectivity index (χ0n) is 16.0. The predicted octanol–water partition coefficient (Wildman–Crippen LogP) is 3.60. The number of carbonyl (C=O) groups is 1. The van der Waals surface area contributed by atoms with Gasteiger partial charge in [-0.05, 0) is 61.6 Å². The summed E-state index contributed by atoms with van der Waals surface area (Å²) < 4.78 is 27.6. The topological polar surface area (TPSA) is 66.5 Å². The van der Waals surface area contributed by atoms with Crippen LogP contribution < -0.4 is 9.62 Å². The van der Waals surface area contributed by atoms with Crippen LogP contribution in [0.1, 0.15) is 43.1 Å². The van der Waals surface area contributed by atoms with Crippen molar-refractivity contribution in [2.24, 2.45) is 5.92 Å². The Hall–Kier alpha value is -2.34. The molecule has 27 heavy (non-hydrogen) atoms. The lowest BCUT2D eigenvalue weighted by molar-refractivity contribution is 0.0952. The van der Waals surface area contributed by atoms with E-state index in [0.717, 1.165) is 12.0 Å². The Morgan fingerprint density at radius 2 is 1.89 bits per heavy atom. The summed E-state index contributed by atoms with van der Waals surface area (Å²) in [5, 5.41) is 2.93. The van der Waals surface area contributed by atoms with E-state index in [2.05, 4.69) is 19.2 Å². The number of hydrogen-bond donors (Lipinski definition) is 1. The number of carbonyl (C=O) groups excluding carboxylic acids is 1. The van der Waals surface area contributed by atoms with Gasteiger partial charge in [-0.1, -0.05) is 32.0 Å². The average Bonchev–Trinajstić information content (AvgIpc) is 2.97. The maximum absolute atomic E-state index is 13.1. The molecule has 0 unspecified atom stereocenters. The first-order chi connectivity index (χ1) is 12.8. The number of rotatable bonds is 6. The molecule has 1 aliphatic heterocycles. The Balaban J connectivity index is 1.85. The van der Waals surface area contributed by atoms with E-state index in [-0.39, 0.29) is 16.8 Å². The fourth-order valence-electron chi connectivity index (χ4n) is 3.39. The summed E-state index contributed by atoms with van der Waals surface area (Å²) >= 11 is 0. The van der Waals surface area contributed by atoms with Gasteiger partial charge in [0, 0.05) is 18.2 Å². The normalized spacial score (nSPS) is 16.4. The molecule has 2 aromatic carbocycles. The number of nitrogens with zero attached hydrogens (tertiary/aromatic N) is 1. The van der Waals surface area contributed by atoms with E-state index in [9.17, 15) is 13.2 Å². The Morgan fingerprint density at radius 1 is 1.19 bits per heavy atom. The van der Waals surface area contributed by atoms with Gasteiger partial charge in [-0.3, -0.25) is 9.10 Å². The molecule has 0 spiro atoms. The van der Waals surface area contributed by atoms with Crippen LogP contribution in [0.4, 0.5) is 5.69 Å². The quantitative estimate of drug-likeness (QED) is 0.825. The summed E-state index contributed by atoms with van der Waals surface area (Å²) in [4.78, 5) is 12.6. The minimum absolute atomic E-state index is 0.115. The molecule has 5 nitrogen and oxygen atoms in total. The van der Waals surface area contributed by atoms with Crippen molar-refractivity contribution in [2.75, 3.05) is 10.8 Å². The SMILES string of the molecule is CC(C)CCNC(=O)c1ccc2c(c1)C[C@H](C)N2S(=O)(=O)c1ccccc1. The van der Waals surface area contributed by atoms with Crippen molar-refractivity contribution >= 4 is 21.6 Å². The van der Waals surface area contributed by atoms with Crippen LogP contribution in [0.15, 0.2) is 53.4 Å². The Labute approximate surface area is 161 Å². The zero-order chi connectivity index (χ0) is 19.6. The molecular weight excluding hydrogens is 360 g/mol. The van der Waals surface area contributed by atoms with Crippen molar-refractivity contribution < 1.29 is 13.2 Å². The number of benzene rings is 2. The van der Waals surface area contributed by atoms with E-state index < -0.39 is 10.0 Å². The molecule has 6 heteroatoms. The summed E-state index contributed by atoms with van der Waals surface area (Å²) in [6.07, 6.45) is 1.52. The first kappa shape index (κ1) is 19.4. The smallest absolute Gasteiger partial charge is 0.264 e. The van der Waals surface area contributed by atoms with Crippen LogP contribution in [-0.4, -0.2) is 26.9 Å². The molecule has 3 rings (SSSR count). The maximum atomic E-state index is 13.1. The van der Waals surface area contributed by atoms with Gasteiger partial charge in [-0.25, -0.2) is 8.42 Å². The van der Waals surface area contributed by atoms with Gasteiger partial charge in [-0.2, -0.15) is 0 Å². The van der Waals surface area contributed by atoms with Crippen LogP contribution in [0, 0.1) is 5.92 Å². The first-order valence-electron chi connectivity index (χ1n) is 9.31. The van der Waals surface area contributed by atoms with Crippen LogP contribution in [-0.2, 0) is 16.4 Å². The van der Waals surface area contributed by atoms with E-state index in [4.69, 9.17) is 0 Å². The summed E-state index contributed by atoms with van der Waals surface area (Å²) in [5.74, 6) is 0.415. The van der Waals surface area contributed by atoms with Crippen molar-refractivity contribution in [2.45, 2.75) is 44.6 Å². The molecule has 1 heterocycles. The van der Waals surface area contributed by atoms with Crippen LogP contribution in [0.2, 0.25) is 0 Å². The summed E-state index contributed by atoms with van der Waals surface area (Å²) in [7, 11) is -3.63. The summed E-state index contributed by atoms with van der Waals surface area (Å²) in [6.45, 7) is 6.76. The van der Waals surface area contributed by atoms with Crippen LogP contribution in [0.5, 0.6) is 0 Å². The minimum Gasteiger partial charge on any atom is -0.352 e. The summed E-state index contributed by atoms with van der Waals surface area (Å²) in [6, 6.07) is 13.5. The van der Waals surface area contributed by atoms with Gasteiger partial charge in [0.05, 0.1) is 10.6 Å². The van der Waals surface area contributed by atoms with Crippen molar-refractivity contribution in [1.82, 2.24) is 5.32 Å². The molecule has 0 saturated heterocycles. The molecule has 0 aromatic heterocycles. The standard InChI is InChI=1S/C21H26N2O3S/c1-15(2)11-12-22-21(24)17-9-10-20-18(14-17)13-16(3)23(20)27(25,26)19-7-5-4-6-8-19/h4-10,14-16H,11-13H2,1-3H3,(H,22,24)/t16-/m0/s1. The molecule has 1 amide bonds. The van der Waals surface area contributed by atoms with Gasteiger partial charge in [0.15, 0.2) is 0 Å². The van der Waals surface area contributed by atoms with Crippen LogP contribution in [0.25, 0.3) is 0 Å². The highest BCUT2D eigenvalue weighted by molar-refractivity contribution is 7.92. The van der Waals surface area contributed by atoms with Crippen molar-refractivity contribution in [3.05, 3.63) is 59.7 Å². The number of sulfonamides is 1. The van der Waals surface area contributed by atoms with Crippen LogP contribution >= 0.6 is 0 Å². The molecular formula is C21H26N2O3S. The lowest BCUT2D eigenvalue weighted by Crippen LogP contribution is -2.35. The third-order valence-electron chi connectivity index (χ3n) is 4.80. The van der Waals surface area contributed by atoms with Gasteiger partial charge >= 0.3 is 0 Å². The highest BCUT2D eigenvalue weighted by Crippen LogP contribution is 2.37. The predicted molar refractivity (Wildman–Crippen MR) is 108 cm³/mol. The van der Waals surface area contributed by atoms with E-state index >= 15 is 0 Å². The van der Waals surface area contributed by atoms with Crippen molar-refractivity contribution in [3.63, 3.8) is 0 Å². The second kappa shape index (κ2) is 7.72. The molecule has 0 aliphatic carbocycles. The molecule has 0 fully saturated rings. The lowest BCUT2D eigenvalue weighted by Gasteiger charge is -2.24. The molecule has 1 atom stereocenters. The average molecular weight is 387 g/mol. The summed E-state index contributed by atoms with van der Waals surface area (Å²) in [5.41, 5.74) is 2.12. The maximum Gasteiger partial charge on any atom is 0.264 e. The van der Waals surface area contributed by atoms with Gasteiger partial charge in [0.1, 0.15) is 0 Å². The van der Waals surface area contributed by atoms with E-state index in [1.165, 1.54) is 4.31 Å². The lowest BCUT2D eigenvalue weighted by atomic mass is 10.1. The van der Waals surface area contributed by atoms with E-state index in [1.54, 1.807) is 42.5 Å². The molecule has 1 aliphatic rings. The van der Waals surface area contributed by atoms with E-state index in [0.29, 0.717) is 30.1 Å². The van der Waals surface area contributed by atoms with Crippen LogP contribution in [0.3, 0.4) is 0 Å². The molecule has 1 N–H and O–H groups in total. The zero-order valence-corrected chi connectivity index (χ0v) is 16.8. The van der Waals surface area contributed by atoms with Gasteiger partial charge < -0.3 is 5.32 Å². The number of anilines is 1. The third kappa shape index (κ3) is 4.00. The van der Waals surface area contributed by atoms with Crippen molar-refractivity contribution in [1.29, 1.82) is 0 Å². The number of amides is 1. The monoisotopic (exact) mass is 386 g/mol. The molecule has 144 valence electrons. The number of fused-ring (bicyclic) bond motifs is 1. The molecule has 0 saturated carbocycles. The fraction of sp³-hybridized carbons (Fsp3) is 0.381. The molecule has 0 radical (unpaired) electrons. The minimum atomic E-state index is -3.63. The number of nitrogens with one attached hydrogen (secondary N) is 1. The highest BCUT2D eigenvalue weighted by atomic mass is 32.2. The number of hydrogen-bond acceptors (Lipinski definition) is 3. The molecule has 0 bridgehead atoms. The second-order valence-corrected chi connectivity index (χ2v) is 9.26. The first-order valence-corrected chi connectivity index (χ1v) is 10.8. The highest BCUT2D eigenvalue weighted by Gasteiger charge is 2.36. The fourth-order valence-corrected chi connectivity index (χ4v) is 5.11. The van der Waals surface area contributed by atoms with E-state index in [1.807, 2.05) is 13.0 Å². The van der Waals surface area contributed by atoms with Gasteiger partial charge in [0.2, 0.25) is 0 Å². The third-order valence-corrected chi connectivity index (χ3v) is 6.74. The largest absolute Gasteiger partial charge is 0.352 e. The Morgan fingerprint density at radius 3 is 2.56 bits per heavy atom.